The van der Waals surface area contributed by atoms with Crippen LogP contribution in [0.3, 0.4) is 0 Å². The van der Waals surface area contributed by atoms with Crippen LogP contribution in [-0.2, 0) is 19.3 Å². The fourth-order valence-corrected chi connectivity index (χ4v) is 2.26. The molecule has 0 unspecified atom stereocenters. The summed E-state index contributed by atoms with van der Waals surface area (Å²) in [5.74, 6) is 0. The summed E-state index contributed by atoms with van der Waals surface area (Å²) in [4.78, 5) is 4.33. The SMILES string of the molecule is CCNCc1nc(Cn2ccc(C(F)(F)F)n2)cs1. The van der Waals surface area contributed by atoms with E-state index in [0.717, 1.165) is 23.3 Å². The molecule has 0 aliphatic heterocycles. The van der Waals surface area contributed by atoms with Crippen molar-refractivity contribution in [3.8, 4) is 0 Å². The Morgan fingerprint density at radius 1 is 1.42 bits per heavy atom. The van der Waals surface area contributed by atoms with E-state index in [1.165, 1.54) is 22.2 Å². The van der Waals surface area contributed by atoms with Gasteiger partial charge in [0, 0.05) is 18.1 Å². The van der Waals surface area contributed by atoms with Gasteiger partial charge in [-0.1, -0.05) is 6.92 Å². The van der Waals surface area contributed by atoms with Crippen molar-refractivity contribution in [1.29, 1.82) is 0 Å². The van der Waals surface area contributed by atoms with E-state index in [4.69, 9.17) is 0 Å². The summed E-state index contributed by atoms with van der Waals surface area (Å²) in [6.45, 7) is 3.77. The van der Waals surface area contributed by atoms with E-state index in [2.05, 4.69) is 15.4 Å². The molecule has 104 valence electrons. The molecule has 0 bridgehead atoms. The average molecular weight is 290 g/mol. The molecule has 0 aliphatic carbocycles. The zero-order valence-electron chi connectivity index (χ0n) is 10.2. The van der Waals surface area contributed by atoms with Gasteiger partial charge in [-0.15, -0.1) is 11.3 Å². The summed E-state index contributed by atoms with van der Waals surface area (Å²) in [5, 5.41) is 9.38. The Kier molecular flexibility index (Phi) is 4.20. The Morgan fingerprint density at radius 3 is 2.84 bits per heavy atom. The highest BCUT2D eigenvalue weighted by atomic mass is 32.1. The minimum Gasteiger partial charge on any atom is -0.311 e. The molecule has 19 heavy (non-hydrogen) atoms. The Labute approximate surface area is 112 Å². The third-order valence-corrected chi connectivity index (χ3v) is 3.28. The number of halogens is 3. The lowest BCUT2D eigenvalue weighted by molar-refractivity contribution is -0.141. The van der Waals surface area contributed by atoms with Gasteiger partial charge in [0.25, 0.3) is 0 Å². The second-order valence-corrected chi connectivity index (χ2v) is 4.85. The van der Waals surface area contributed by atoms with Crippen LogP contribution in [-0.4, -0.2) is 21.3 Å². The van der Waals surface area contributed by atoms with E-state index < -0.39 is 11.9 Å². The number of hydrogen-bond donors (Lipinski definition) is 1. The first-order chi connectivity index (χ1) is 8.99. The van der Waals surface area contributed by atoms with Crippen molar-refractivity contribution >= 4 is 11.3 Å². The molecule has 0 atom stereocenters. The maximum Gasteiger partial charge on any atom is 0.435 e. The van der Waals surface area contributed by atoms with Gasteiger partial charge < -0.3 is 5.32 Å². The Balaban J connectivity index is 2.01. The lowest BCUT2D eigenvalue weighted by Gasteiger charge is -2.01. The van der Waals surface area contributed by atoms with Gasteiger partial charge in [0.05, 0.1) is 12.2 Å². The molecule has 2 aromatic rings. The number of nitrogens with one attached hydrogen (secondary N) is 1. The number of thiazole rings is 1. The average Bonchev–Trinajstić information content (AvgIpc) is 2.95. The normalized spacial score (nSPS) is 12.0. The lowest BCUT2D eigenvalue weighted by Crippen LogP contribution is -2.11. The van der Waals surface area contributed by atoms with Crippen LogP contribution < -0.4 is 5.32 Å². The molecule has 2 rings (SSSR count). The second-order valence-electron chi connectivity index (χ2n) is 3.91. The third kappa shape index (κ3) is 3.77. The Hall–Kier alpha value is -1.41. The third-order valence-electron chi connectivity index (χ3n) is 2.38. The van der Waals surface area contributed by atoms with Crippen molar-refractivity contribution in [1.82, 2.24) is 20.1 Å². The summed E-state index contributed by atoms with van der Waals surface area (Å²) in [6.07, 6.45) is -3.09. The van der Waals surface area contributed by atoms with Gasteiger partial charge in [-0.3, -0.25) is 4.68 Å². The molecule has 1 N–H and O–H groups in total. The molecule has 0 fully saturated rings. The van der Waals surface area contributed by atoms with Gasteiger partial charge in [-0.25, -0.2) is 4.98 Å². The van der Waals surface area contributed by atoms with Crippen molar-refractivity contribution in [2.75, 3.05) is 6.54 Å². The molecule has 0 amide bonds. The molecule has 0 saturated heterocycles. The zero-order valence-corrected chi connectivity index (χ0v) is 11.1. The monoisotopic (exact) mass is 290 g/mol. The quantitative estimate of drug-likeness (QED) is 0.920. The molecule has 2 aromatic heterocycles. The number of rotatable bonds is 5. The smallest absolute Gasteiger partial charge is 0.311 e. The maximum absolute atomic E-state index is 12.4. The van der Waals surface area contributed by atoms with Crippen molar-refractivity contribution in [2.45, 2.75) is 26.2 Å². The first-order valence-corrected chi connectivity index (χ1v) is 6.61. The van der Waals surface area contributed by atoms with Crippen LogP contribution in [0.1, 0.15) is 23.3 Å². The van der Waals surface area contributed by atoms with E-state index in [9.17, 15) is 13.2 Å². The first kappa shape index (κ1) is 14.0. The first-order valence-electron chi connectivity index (χ1n) is 5.73. The number of nitrogens with zero attached hydrogens (tertiary/aromatic N) is 3. The predicted octanol–water partition coefficient (Wildman–Crippen LogP) is 2.52. The van der Waals surface area contributed by atoms with Crippen LogP contribution in [0.15, 0.2) is 17.6 Å². The van der Waals surface area contributed by atoms with Crippen molar-refractivity contribution in [3.05, 3.63) is 34.0 Å². The highest BCUT2D eigenvalue weighted by Crippen LogP contribution is 2.27. The molecule has 0 saturated carbocycles. The minimum atomic E-state index is -4.40. The number of aromatic nitrogens is 3. The number of hydrogen-bond acceptors (Lipinski definition) is 4. The van der Waals surface area contributed by atoms with Crippen LogP contribution in [0.2, 0.25) is 0 Å². The molecule has 0 spiro atoms. The van der Waals surface area contributed by atoms with Crippen LogP contribution in [0.5, 0.6) is 0 Å². The summed E-state index contributed by atoms with van der Waals surface area (Å²) in [5.41, 5.74) is -0.162. The maximum atomic E-state index is 12.4. The molecular weight excluding hydrogens is 277 g/mol. The van der Waals surface area contributed by atoms with E-state index in [1.54, 1.807) is 0 Å². The number of alkyl halides is 3. The second kappa shape index (κ2) is 5.70. The van der Waals surface area contributed by atoms with E-state index in [-0.39, 0.29) is 6.54 Å². The van der Waals surface area contributed by atoms with E-state index in [1.807, 2.05) is 12.3 Å². The molecule has 4 nitrogen and oxygen atoms in total. The Morgan fingerprint density at radius 2 is 2.21 bits per heavy atom. The molecule has 8 heteroatoms. The van der Waals surface area contributed by atoms with Gasteiger partial charge >= 0.3 is 6.18 Å². The molecular formula is C11H13F3N4S. The van der Waals surface area contributed by atoms with E-state index >= 15 is 0 Å². The van der Waals surface area contributed by atoms with Crippen LogP contribution in [0.4, 0.5) is 13.2 Å². The predicted molar refractivity (Wildman–Crippen MR) is 65.8 cm³/mol. The molecule has 2 heterocycles. The summed E-state index contributed by atoms with van der Waals surface area (Å²) in [7, 11) is 0. The molecule has 0 aromatic carbocycles. The van der Waals surface area contributed by atoms with Gasteiger partial charge in [0.2, 0.25) is 0 Å². The van der Waals surface area contributed by atoms with Crippen LogP contribution in [0.25, 0.3) is 0 Å². The van der Waals surface area contributed by atoms with Crippen LogP contribution >= 0.6 is 11.3 Å². The zero-order chi connectivity index (χ0) is 13.9. The summed E-state index contributed by atoms with van der Waals surface area (Å²) < 4.78 is 38.4. The molecule has 0 aliphatic rings. The van der Waals surface area contributed by atoms with E-state index in [0.29, 0.717) is 6.54 Å². The summed E-state index contributed by atoms with van der Waals surface area (Å²) >= 11 is 1.48. The highest BCUT2D eigenvalue weighted by Gasteiger charge is 2.33. The Bertz CT molecular complexity index is 532. The van der Waals surface area contributed by atoms with Gasteiger partial charge in [0.15, 0.2) is 5.69 Å². The van der Waals surface area contributed by atoms with Crippen molar-refractivity contribution < 1.29 is 13.2 Å². The van der Waals surface area contributed by atoms with Gasteiger partial charge in [-0.2, -0.15) is 18.3 Å². The van der Waals surface area contributed by atoms with Gasteiger partial charge in [-0.05, 0) is 12.6 Å². The summed E-state index contributed by atoms with van der Waals surface area (Å²) in [6, 6.07) is 0.964. The fourth-order valence-electron chi connectivity index (χ4n) is 1.50. The highest BCUT2D eigenvalue weighted by molar-refractivity contribution is 7.09. The topological polar surface area (TPSA) is 42.7 Å². The standard InChI is InChI=1S/C11H13F3N4S/c1-2-15-5-10-16-8(7-19-10)6-18-4-3-9(17-18)11(12,13)14/h3-4,7,15H,2,5-6H2,1H3. The fraction of sp³-hybridized carbons (Fsp3) is 0.455. The molecule has 0 radical (unpaired) electrons. The van der Waals surface area contributed by atoms with Gasteiger partial charge in [0.1, 0.15) is 5.01 Å². The van der Waals surface area contributed by atoms with Crippen LogP contribution in [0, 0.1) is 0 Å². The lowest BCUT2D eigenvalue weighted by atomic mass is 10.4. The van der Waals surface area contributed by atoms with Crippen molar-refractivity contribution in [3.63, 3.8) is 0 Å². The van der Waals surface area contributed by atoms with Crippen molar-refractivity contribution in [2.24, 2.45) is 0 Å². The minimum absolute atomic E-state index is 0.249. The largest absolute Gasteiger partial charge is 0.435 e.